The molecule has 19 heavy (non-hydrogen) atoms. The molecule has 0 fully saturated rings. The second kappa shape index (κ2) is 4.38. The molecule has 96 valence electrons. The van der Waals surface area contributed by atoms with Crippen LogP contribution in [-0.2, 0) is 5.41 Å². The minimum absolute atomic E-state index is 0.0245. The monoisotopic (exact) mass is 269 g/mol. The van der Waals surface area contributed by atoms with Gasteiger partial charge in [-0.3, -0.25) is 4.98 Å². The van der Waals surface area contributed by atoms with Crippen LogP contribution in [0.1, 0.15) is 26.6 Å². The number of rotatable bonds is 1. The minimum atomic E-state index is -0.0245. The van der Waals surface area contributed by atoms with Gasteiger partial charge < -0.3 is 0 Å². The van der Waals surface area contributed by atoms with Gasteiger partial charge in [-0.2, -0.15) is 0 Å². The van der Waals surface area contributed by atoms with Crippen LogP contribution in [0.15, 0.2) is 36.1 Å². The Balaban J connectivity index is 2.01. The molecule has 0 atom stereocenters. The maximum Gasteiger partial charge on any atom is 0.133 e. The molecule has 0 unspecified atom stereocenters. The Morgan fingerprint density at radius 1 is 1.00 bits per heavy atom. The molecule has 0 aliphatic carbocycles. The predicted molar refractivity (Wildman–Crippen MR) is 79.3 cm³/mol. The Bertz CT molecular complexity index is 708. The molecule has 4 heteroatoms. The van der Waals surface area contributed by atoms with E-state index in [0.717, 1.165) is 17.1 Å². The molecule has 0 saturated carbocycles. The average molecular weight is 269 g/mol. The molecule has 3 aromatic rings. The van der Waals surface area contributed by atoms with Gasteiger partial charge in [-0.15, -0.1) is 11.3 Å². The second-order valence-electron chi connectivity index (χ2n) is 5.57. The highest BCUT2D eigenvalue weighted by Crippen LogP contribution is 2.25. The van der Waals surface area contributed by atoms with Crippen LogP contribution in [0.3, 0.4) is 0 Å². The number of fused-ring (bicyclic) bond motifs is 1. The number of nitrogens with zero attached hydrogens (tertiary/aromatic N) is 3. The van der Waals surface area contributed by atoms with Gasteiger partial charge in [-0.1, -0.05) is 20.8 Å². The van der Waals surface area contributed by atoms with Crippen molar-refractivity contribution in [3.05, 3.63) is 41.9 Å². The first-order chi connectivity index (χ1) is 9.04. The Labute approximate surface area is 116 Å². The van der Waals surface area contributed by atoms with E-state index in [0.29, 0.717) is 0 Å². The van der Waals surface area contributed by atoms with Crippen LogP contribution in [0.2, 0.25) is 0 Å². The van der Waals surface area contributed by atoms with Crippen LogP contribution in [0, 0.1) is 0 Å². The first kappa shape index (κ1) is 12.2. The summed E-state index contributed by atoms with van der Waals surface area (Å²) in [5, 5.41) is 3.30. The van der Waals surface area contributed by atoms with Crippen molar-refractivity contribution in [2.75, 3.05) is 0 Å². The third kappa shape index (κ3) is 2.36. The van der Waals surface area contributed by atoms with Gasteiger partial charge in [0, 0.05) is 29.6 Å². The van der Waals surface area contributed by atoms with Gasteiger partial charge in [-0.05, 0) is 22.9 Å². The summed E-state index contributed by atoms with van der Waals surface area (Å²) < 4.78 is 1.20. The molecule has 0 saturated heterocycles. The van der Waals surface area contributed by atoms with Crippen LogP contribution in [0.4, 0.5) is 0 Å². The van der Waals surface area contributed by atoms with Crippen LogP contribution >= 0.6 is 11.3 Å². The van der Waals surface area contributed by atoms with E-state index >= 15 is 0 Å². The van der Waals surface area contributed by atoms with Crippen molar-refractivity contribution in [1.29, 1.82) is 0 Å². The third-order valence-corrected chi connectivity index (χ3v) is 3.83. The molecule has 3 rings (SSSR count). The Kier molecular flexibility index (Phi) is 2.82. The Hall–Kier alpha value is -1.81. The largest absolute Gasteiger partial charge is 0.255 e. The lowest BCUT2D eigenvalue weighted by Gasteiger charge is -2.15. The van der Waals surface area contributed by atoms with E-state index < -0.39 is 0 Å². The highest BCUT2D eigenvalue weighted by Gasteiger charge is 2.16. The molecule has 0 amide bonds. The standard InChI is InChI=1S/C15H15N3S/c1-15(2,3)14-17-7-11(8-18-14)12-6-10-4-5-19-13(10)9-16-12/h4-9H,1-3H3. The van der Waals surface area contributed by atoms with E-state index in [2.05, 4.69) is 53.2 Å². The van der Waals surface area contributed by atoms with Gasteiger partial charge in [0.1, 0.15) is 5.82 Å². The summed E-state index contributed by atoms with van der Waals surface area (Å²) in [6.45, 7) is 6.33. The highest BCUT2D eigenvalue weighted by molar-refractivity contribution is 7.17. The highest BCUT2D eigenvalue weighted by atomic mass is 32.1. The van der Waals surface area contributed by atoms with Gasteiger partial charge in [-0.25, -0.2) is 9.97 Å². The van der Waals surface area contributed by atoms with E-state index in [-0.39, 0.29) is 5.41 Å². The fourth-order valence-corrected chi connectivity index (χ4v) is 2.61. The smallest absolute Gasteiger partial charge is 0.133 e. The maximum absolute atomic E-state index is 4.47. The molecular formula is C15H15N3S. The summed E-state index contributed by atoms with van der Waals surface area (Å²) in [5.74, 6) is 0.855. The third-order valence-electron chi connectivity index (χ3n) is 2.96. The maximum atomic E-state index is 4.47. The molecule has 3 heterocycles. The zero-order valence-electron chi connectivity index (χ0n) is 11.2. The van der Waals surface area contributed by atoms with Gasteiger partial charge >= 0.3 is 0 Å². The number of hydrogen-bond acceptors (Lipinski definition) is 4. The quantitative estimate of drug-likeness (QED) is 0.669. The van der Waals surface area contributed by atoms with Gasteiger partial charge in [0.2, 0.25) is 0 Å². The van der Waals surface area contributed by atoms with Gasteiger partial charge in [0.05, 0.1) is 10.4 Å². The number of pyridine rings is 1. The Morgan fingerprint density at radius 3 is 2.42 bits per heavy atom. The summed E-state index contributed by atoms with van der Waals surface area (Å²) in [5.41, 5.74) is 1.86. The fraction of sp³-hybridized carbons (Fsp3) is 0.267. The zero-order valence-corrected chi connectivity index (χ0v) is 12.0. The summed E-state index contributed by atoms with van der Waals surface area (Å²) in [6.07, 6.45) is 5.62. The van der Waals surface area contributed by atoms with Crippen LogP contribution in [-0.4, -0.2) is 15.0 Å². The molecule has 0 N–H and O–H groups in total. The molecule has 0 aromatic carbocycles. The van der Waals surface area contributed by atoms with Crippen LogP contribution in [0.5, 0.6) is 0 Å². The summed E-state index contributed by atoms with van der Waals surface area (Å²) in [4.78, 5) is 13.4. The normalized spacial score (nSPS) is 11.9. The van der Waals surface area contributed by atoms with E-state index in [1.54, 1.807) is 11.3 Å². The van der Waals surface area contributed by atoms with E-state index in [1.165, 1.54) is 10.1 Å². The minimum Gasteiger partial charge on any atom is -0.255 e. The SMILES string of the molecule is CC(C)(C)c1ncc(-c2cc3ccsc3cn2)cn1. The van der Waals surface area contributed by atoms with Gasteiger partial charge in [0.25, 0.3) is 0 Å². The first-order valence-electron chi connectivity index (χ1n) is 6.20. The molecule has 0 aliphatic rings. The topological polar surface area (TPSA) is 38.7 Å². The number of aromatic nitrogens is 3. The summed E-state index contributed by atoms with van der Waals surface area (Å²) in [7, 11) is 0. The van der Waals surface area contributed by atoms with Gasteiger partial charge in [0.15, 0.2) is 0 Å². The lowest BCUT2D eigenvalue weighted by atomic mass is 9.96. The summed E-state index contributed by atoms with van der Waals surface area (Å²) in [6, 6.07) is 4.19. The molecule has 0 aliphatic heterocycles. The van der Waals surface area contributed by atoms with E-state index in [1.807, 2.05) is 18.6 Å². The zero-order chi connectivity index (χ0) is 13.5. The molecular weight excluding hydrogens is 254 g/mol. The lowest BCUT2D eigenvalue weighted by molar-refractivity contribution is 0.545. The molecule has 0 spiro atoms. The van der Waals surface area contributed by atoms with Crippen molar-refractivity contribution in [3.63, 3.8) is 0 Å². The van der Waals surface area contributed by atoms with E-state index in [4.69, 9.17) is 0 Å². The predicted octanol–water partition coefficient (Wildman–Crippen LogP) is 4.05. The van der Waals surface area contributed by atoms with Crippen molar-refractivity contribution >= 4 is 21.4 Å². The molecule has 3 aromatic heterocycles. The van der Waals surface area contributed by atoms with Crippen molar-refractivity contribution in [2.45, 2.75) is 26.2 Å². The average Bonchev–Trinajstić information content (AvgIpc) is 2.85. The fourth-order valence-electron chi connectivity index (χ4n) is 1.87. The number of thiophene rings is 1. The first-order valence-corrected chi connectivity index (χ1v) is 7.08. The summed E-state index contributed by atoms with van der Waals surface area (Å²) >= 11 is 1.70. The molecule has 0 bridgehead atoms. The van der Waals surface area contributed by atoms with Crippen LogP contribution in [0.25, 0.3) is 21.3 Å². The van der Waals surface area contributed by atoms with Crippen molar-refractivity contribution < 1.29 is 0 Å². The van der Waals surface area contributed by atoms with Crippen molar-refractivity contribution in [2.24, 2.45) is 0 Å². The van der Waals surface area contributed by atoms with E-state index in [9.17, 15) is 0 Å². The van der Waals surface area contributed by atoms with Crippen LogP contribution < -0.4 is 0 Å². The lowest BCUT2D eigenvalue weighted by Crippen LogP contribution is -2.15. The molecule has 0 radical (unpaired) electrons. The number of hydrogen-bond donors (Lipinski definition) is 0. The van der Waals surface area contributed by atoms with Crippen molar-refractivity contribution in [3.8, 4) is 11.3 Å². The molecule has 3 nitrogen and oxygen atoms in total. The second-order valence-corrected chi connectivity index (χ2v) is 6.52. The Morgan fingerprint density at radius 2 is 1.74 bits per heavy atom. The van der Waals surface area contributed by atoms with Crippen molar-refractivity contribution in [1.82, 2.24) is 15.0 Å².